The van der Waals surface area contributed by atoms with Gasteiger partial charge >= 0.3 is 5.97 Å². The fourth-order valence-corrected chi connectivity index (χ4v) is 2.14. The van der Waals surface area contributed by atoms with Crippen LogP contribution in [0.5, 0.6) is 0 Å². The van der Waals surface area contributed by atoms with Gasteiger partial charge in [-0.25, -0.2) is 0 Å². The molecule has 126 valence electrons. The average Bonchev–Trinajstić information content (AvgIpc) is 2.66. The normalized spacial score (nSPS) is 10.4. The number of benzene rings is 2. The number of carbonyl (C=O) groups excluding carboxylic acids is 2. The standard InChI is InChI=1S/C17H14N4O4/c22-15(10-18-16(23)12-6-2-1-3-7-12)25-11-21-17(24)13-8-4-5-9-14(13)19-20-21/h1-9H,10-11H2,(H,18,23). The van der Waals surface area contributed by atoms with Crippen molar-refractivity contribution in [2.45, 2.75) is 6.73 Å². The first-order valence-electron chi connectivity index (χ1n) is 7.46. The van der Waals surface area contributed by atoms with Gasteiger partial charge in [-0.05, 0) is 24.3 Å². The number of nitrogens with zero attached hydrogens (tertiary/aromatic N) is 3. The molecular formula is C17H14N4O4. The van der Waals surface area contributed by atoms with Gasteiger partial charge in [-0.1, -0.05) is 35.5 Å². The average molecular weight is 338 g/mol. The van der Waals surface area contributed by atoms with E-state index in [0.29, 0.717) is 16.5 Å². The van der Waals surface area contributed by atoms with E-state index >= 15 is 0 Å². The molecule has 3 aromatic rings. The predicted octanol–water partition coefficient (Wildman–Crippen LogP) is 0.722. The van der Waals surface area contributed by atoms with Gasteiger partial charge in [0, 0.05) is 5.56 Å². The van der Waals surface area contributed by atoms with Crippen LogP contribution in [0.1, 0.15) is 10.4 Å². The molecule has 1 N–H and O–H groups in total. The van der Waals surface area contributed by atoms with Gasteiger partial charge in [0.1, 0.15) is 12.1 Å². The summed E-state index contributed by atoms with van der Waals surface area (Å²) in [7, 11) is 0. The Morgan fingerprint density at radius 3 is 2.56 bits per heavy atom. The fraction of sp³-hybridized carbons (Fsp3) is 0.118. The Morgan fingerprint density at radius 1 is 1.04 bits per heavy atom. The molecule has 0 aliphatic heterocycles. The van der Waals surface area contributed by atoms with Crippen LogP contribution in [0, 0.1) is 0 Å². The summed E-state index contributed by atoms with van der Waals surface area (Å²) in [5, 5.41) is 10.4. The molecule has 0 bridgehead atoms. The number of nitrogens with one attached hydrogen (secondary N) is 1. The van der Waals surface area contributed by atoms with Crippen molar-refractivity contribution in [1.29, 1.82) is 0 Å². The van der Waals surface area contributed by atoms with Crippen LogP contribution in [0.15, 0.2) is 59.4 Å². The minimum Gasteiger partial charge on any atom is -0.441 e. The van der Waals surface area contributed by atoms with Crippen molar-refractivity contribution in [3.8, 4) is 0 Å². The molecule has 0 aliphatic rings. The van der Waals surface area contributed by atoms with Crippen molar-refractivity contribution in [3.63, 3.8) is 0 Å². The van der Waals surface area contributed by atoms with Crippen LogP contribution >= 0.6 is 0 Å². The van der Waals surface area contributed by atoms with Gasteiger partial charge in [-0.2, -0.15) is 4.68 Å². The Balaban J connectivity index is 1.57. The molecular weight excluding hydrogens is 324 g/mol. The molecule has 8 heteroatoms. The van der Waals surface area contributed by atoms with Gasteiger partial charge in [0.15, 0.2) is 6.73 Å². The van der Waals surface area contributed by atoms with Crippen molar-refractivity contribution in [2.24, 2.45) is 0 Å². The van der Waals surface area contributed by atoms with E-state index in [9.17, 15) is 14.4 Å². The van der Waals surface area contributed by atoms with Crippen LogP contribution in [0.4, 0.5) is 0 Å². The largest absolute Gasteiger partial charge is 0.441 e. The van der Waals surface area contributed by atoms with Crippen molar-refractivity contribution >= 4 is 22.8 Å². The van der Waals surface area contributed by atoms with Gasteiger partial charge in [-0.3, -0.25) is 14.4 Å². The maximum Gasteiger partial charge on any atom is 0.327 e. The zero-order valence-electron chi connectivity index (χ0n) is 13.1. The summed E-state index contributed by atoms with van der Waals surface area (Å²) in [6.07, 6.45) is 0. The first kappa shape index (κ1) is 16.3. The summed E-state index contributed by atoms with van der Waals surface area (Å²) >= 11 is 0. The van der Waals surface area contributed by atoms with E-state index in [4.69, 9.17) is 4.74 Å². The lowest BCUT2D eigenvalue weighted by molar-refractivity contribution is -0.146. The number of hydrogen-bond acceptors (Lipinski definition) is 6. The number of ether oxygens (including phenoxy) is 1. The van der Waals surface area contributed by atoms with Gasteiger partial charge in [-0.15, -0.1) is 5.10 Å². The smallest absolute Gasteiger partial charge is 0.327 e. The highest BCUT2D eigenvalue weighted by molar-refractivity contribution is 5.95. The molecule has 0 saturated carbocycles. The number of aromatic nitrogens is 3. The maximum absolute atomic E-state index is 12.2. The highest BCUT2D eigenvalue weighted by Crippen LogP contribution is 2.03. The Morgan fingerprint density at radius 2 is 1.76 bits per heavy atom. The second-order valence-electron chi connectivity index (χ2n) is 5.11. The quantitative estimate of drug-likeness (QED) is 0.688. The Kier molecular flexibility index (Phi) is 4.79. The van der Waals surface area contributed by atoms with Gasteiger partial charge < -0.3 is 10.1 Å². The van der Waals surface area contributed by atoms with Crippen LogP contribution in [-0.2, 0) is 16.3 Å². The topological polar surface area (TPSA) is 103 Å². The summed E-state index contributed by atoms with van der Waals surface area (Å²) in [4.78, 5) is 35.7. The van der Waals surface area contributed by atoms with E-state index in [1.807, 2.05) is 0 Å². The van der Waals surface area contributed by atoms with Crippen LogP contribution in [-0.4, -0.2) is 33.4 Å². The molecule has 8 nitrogen and oxygen atoms in total. The van der Waals surface area contributed by atoms with E-state index in [0.717, 1.165) is 4.68 Å². The number of carbonyl (C=O) groups is 2. The first-order chi connectivity index (χ1) is 12.1. The van der Waals surface area contributed by atoms with E-state index in [1.54, 1.807) is 54.6 Å². The molecule has 25 heavy (non-hydrogen) atoms. The summed E-state index contributed by atoms with van der Waals surface area (Å²) in [6.45, 7) is -0.694. The lowest BCUT2D eigenvalue weighted by Crippen LogP contribution is -2.32. The Labute approximate surface area is 142 Å². The van der Waals surface area contributed by atoms with Gasteiger partial charge in [0.2, 0.25) is 0 Å². The van der Waals surface area contributed by atoms with Crippen LogP contribution in [0.2, 0.25) is 0 Å². The summed E-state index contributed by atoms with van der Waals surface area (Å²) < 4.78 is 5.89. The number of rotatable bonds is 5. The van der Waals surface area contributed by atoms with Gasteiger partial charge in [0.05, 0.1) is 5.39 Å². The zero-order valence-corrected chi connectivity index (χ0v) is 13.1. The molecule has 1 amide bonds. The second-order valence-corrected chi connectivity index (χ2v) is 5.11. The molecule has 2 aromatic carbocycles. The second kappa shape index (κ2) is 7.35. The van der Waals surface area contributed by atoms with E-state index in [1.165, 1.54) is 0 Å². The summed E-state index contributed by atoms with van der Waals surface area (Å²) in [6, 6.07) is 15.2. The lowest BCUT2D eigenvalue weighted by atomic mass is 10.2. The molecule has 1 heterocycles. The highest BCUT2D eigenvalue weighted by atomic mass is 16.5. The first-order valence-corrected chi connectivity index (χ1v) is 7.46. The third-order valence-electron chi connectivity index (χ3n) is 3.41. The number of esters is 1. The number of hydrogen-bond donors (Lipinski definition) is 1. The molecule has 0 unspecified atom stereocenters. The molecule has 0 spiro atoms. The Bertz CT molecular complexity index is 969. The molecule has 0 aliphatic carbocycles. The lowest BCUT2D eigenvalue weighted by Gasteiger charge is -2.07. The van der Waals surface area contributed by atoms with Crippen LogP contribution in [0.3, 0.4) is 0 Å². The predicted molar refractivity (Wildman–Crippen MR) is 88.7 cm³/mol. The van der Waals surface area contributed by atoms with Crippen molar-refractivity contribution < 1.29 is 14.3 Å². The van der Waals surface area contributed by atoms with Crippen LogP contribution in [0.25, 0.3) is 10.9 Å². The Hall–Kier alpha value is -3.55. The molecule has 0 fully saturated rings. The molecule has 0 atom stereocenters. The van der Waals surface area contributed by atoms with Crippen molar-refractivity contribution in [2.75, 3.05) is 6.54 Å². The third-order valence-corrected chi connectivity index (χ3v) is 3.41. The molecule has 0 radical (unpaired) electrons. The minimum atomic E-state index is -0.689. The summed E-state index contributed by atoms with van der Waals surface area (Å²) in [5.41, 5.74) is 0.490. The SMILES string of the molecule is O=C(CNC(=O)c1ccccc1)OCn1nnc2ccccc2c1=O. The van der Waals surface area contributed by atoms with Crippen molar-refractivity contribution in [3.05, 3.63) is 70.5 Å². The monoisotopic (exact) mass is 338 g/mol. The highest BCUT2D eigenvalue weighted by Gasteiger charge is 2.10. The van der Waals surface area contributed by atoms with E-state index in [-0.39, 0.29) is 19.2 Å². The zero-order chi connectivity index (χ0) is 17.6. The molecule has 1 aromatic heterocycles. The third kappa shape index (κ3) is 3.86. The van der Waals surface area contributed by atoms with Crippen LogP contribution < -0.4 is 10.9 Å². The minimum absolute atomic E-state index is 0.316. The van der Waals surface area contributed by atoms with E-state index < -0.39 is 11.5 Å². The van der Waals surface area contributed by atoms with Crippen molar-refractivity contribution in [1.82, 2.24) is 20.3 Å². The number of fused-ring (bicyclic) bond motifs is 1. The molecule has 0 saturated heterocycles. The van der Waals surface area contributed by atoms with Gasteiger partial charge in [0.25, 0.3) is 11.5 Å². The maximum atomic E-state index is 12.2. The molecule has 3 rings (SSSR count). The number of amides is 1. The fourth-order valence-electron chi connectivity index (χ4n) is 2.14. The summed E-state index contributed by atoms with van der Waals surface area (Å²) in [5.74, 6) is -1.08. The van der Waals surface area contributed by atoms with E-state index in [2.05, 4.69) is 15.6 Å².